The van der Waals surface area contributed by atoms with Crippen molar-refractivity contribution in [2.24, 2.45) is 5.92 Å². The summed E-state index contributed by atoms with van der Waals surface area (Å²) in [5, 5.41) is 0. The highest BCUT2D eigenvalue weighted by Crippen LogP contribution is 2.24. The number of imidazole rings is 1. The molecule has 1 saturated heterocycles. The van der Waals surface area contributed by atoms with E-state index in [9.17, 15) is 8.78 Å². The molecule has 1 N–H and O–H groups in total. The largest absolute Gasteiger partial charge is 0.330 e. The number of likely N-dealkylation sites (tertiary alicyclic amines) is 1. The number of benzene rings is 1. The van der Waals surface area contributed by atoms with Crippen molar-refractivity contribution in [3.8, 4) is 0 Å². The standard InChI is InChI=1S/C15H19F2N3S/c1-19-7-4-10(5-8-19)6-9-20-14-12(18-15(20)21)3-2-11(16)13(14)17/h2-3,10H,4-9H2,1H3,(H,18,21). The van der Waals surface area contributed by atoms with Gasteiger partial charge in [0.05, 0.1) is 5.52 Å². The number of piperidine rings is 1. The van der Waals surface area contributed by atoms with Crippen molar-refractivity contribution in [2.45, 2.75) is 25.8 Å². The van der Waals surface area contributed by atoms with Gasteiger partial charge in [-0.1, -0.05) is 0 Å². The highest BCUT2D eigenvalue weighted by Gasteiger charge is 2.18. The van der Waals surface area contributed by atoms with Gasteiger partial charge in [0.25, 0.3) is 0 Å². The molecule has 3 nitrogen and oxygen atoms in total. The van der Waals surface area contributed by atoms with Crippen LogP contribution in [0.25, 0.3) is 11.0 Å². The van der Waals surface area contributed by atoms with Crippen LogP contribution in [0.4, 0.5) is 8.78 Å². The number of nitrogens with zero attached hydrogens (tertiary/aromatic N) is 2. The number of rotatable bonds is 3. The predicted molar refractivity (Wildman–Crippen MR) is 81.9 cm³/mol. The number of fused-ring (bicyclic) bond motifs is 1. The maximum absolute atomic E-state index is 14.0. The van der Waals surface area contributed by atoms with Gasteiger partial charge < -0.3 is 14.5 Å². The Labute approximate surface area is 127 Å². The molecule has 1 aromatic heterocycles. The number of hydrogen-bond acceptors (Lipinski definition) is 2. The van der Waals surface area contributed by atoms with Gasteiger partial charge in [-0.3, -0.25) is 0 Å². The zero-order chi connectivity index (χ0) is 15.0. The Hall–Kier alpha value is -1.27. The third-order valence-corrected chi connectivity index (χ3v) is 4.75. The zero-order valence-electron chi connectivity index (χ0n) is 12.0. The highest BCUT2D eigenvalue weighted by molar-refractivity contribution is 7.71. The van der Waals surface area contributed by atoms with Crippen molar-refractivity contribution in [1.29, 1.82) is 0 Å². The van der Waals surface area contributed by atoms with Gasteiger partial charge >= 0.3 is 0 Å². The van der Waals surface area contributed by atoms with Crippen molar-refractivity contribution in [3.05, 3.63) is 28.5 Å². The van der Waals surface area contributed by atoms with Gasteiger partial charge in [-0.25, -0.2) is 8.78 Å². The van der Waals surface area contributed by atoms with E-state index in [1.54, 1.807) is 4.57 Å². The van der Waals surface area contributed by atoms with E-state index in [2.05, 4.69) is 16.9 Å². The smallest absolute Gasteiger partial charge is 0.184 e. The summed E-state index contributed by atoms with van der Waals surface area (Å²) < 4.78 is 29.6. The molecule has 21 heavy (non-hydrogen) atoms. The minimum atomic E-state index is -0.829. The molecule has 0 spiro atoms. The lowest BCUT2D eigenvalue weighted by atomic mass is 9.94. The van der Waals surface area contributed by atoms with E-state index in [1.165, 1.54) is 6.07 Å². The maximum Gasteiger partial charge on any atom is 0.184 e. The van der Waals surface area contributed by atoms with Crippen LogP contribution in [-0.4, -0.2) is 34.6 Å². The summed E-state index contributed by atoms with van der Waals surface area (Å²) >= 11 is 5.25. The molecule has 0 unspecified atom stereocenters. The SMILES string of the molecule is CN1CCC(CCn2c(=S)[nH]c3ccc(F)c(F)c32)CC1. The molecule has 2 heterocycles. The molecule has 2 aromatic rings. The lowest BCUT2D eigenvalue weighted by Crippen LogP contribution is -2.30. The Kier molecular flexibility index (Phi) is 4.08. The summed E-state index contributed by atoms with van der Waals surface area (Å²) in [5.41, 5.74) is 0.815. The molecule has 3 rings (SSSR count). The molecule has 1 aliphatic heterocycles. The Bertz CT molecular complexity index is 699. The molecule has 114 valence electrons. The zero-order valence-corrected chi connectivity index (χ0v) is 12.8. The van der Waals surface area contributed by atoms with E-state index in [-0.39, 0.29) is 5.52 Å². The first-order valence-corrected chi connectivity index (χ1v) is 7.72. The number of H-pyrrole nitrogens is 1. The van der Waals surface area contributed by atoms with Crippen LogP contribution in [0.2, 0.25) is 0 Å². The molecule has 0 saturated carbocycles. The molecule has 1 aliphatic rings. The third kappa shape index (κ3) is 2.87. The van der Waals surface area contributed by atoms with Crippen LogP contribution in [0, 0.1) is 22.3 Å². The van der Waals surface area contributed by atoms with Crippen molar-refractivity contribution in [1.82, 2.24) is 14.5 Å². The molecule has 0 aliphatic carbocycles. The van der Waals surface area contributed by atoms with Crippen LogP contribution in [-0.2, 0) is 6.54 Å². The lowest BCUT2D eigenvalue weighted by molar-refractivity contribution is 0.208. The van der Waals surface area contributed by atoms with E-state index in [0.717, 1.165) is 38.4 Å². The minimum absolute atomic E-state index is 0.257. The Balaban J connectivity index is 1.82. The number of aryl methyl sites for hydroxylation is 1. The van der Waals surface area contributed by atoms with Gasteiger partial charge in [0.2, 0.25) is 0 Å². The summed E-state index contributed by atoms with van der Waals surface area (Å²) in [7, 11) is 2.13. The van der Waals surface area contributed by atoms with Crippen LogP contribution >= 0.6 is 12.2 Å². The summed E-state index contributed by atoms with van der Waals surface area (Å²) in [6.45, 7) is 2.84. The molecule has 0 amide bonds. The molecule has 1 fully saturated rings. The Morgan fingerprint density at radius 1 is 1.29 bits per heavy atom. The fraction of sp³-hybridized carbons (Fsp3) is 0.533. The molecule has 0 radical (unpaired) electrons. The molecular formula is C15H19F2N3S. The second-order valence-electron chi connectivity index (χ2n) is 5.87. The monoisotopic (exact) mass is 311 g/mol. The maximum atomic E-state index is 14.0. The third-order valence-electron chi connectivity index (χ3n) is 4.42. The van der Waals surface area contributed by atoms with E-state index < -0.39 is 11.6 Å². The normalized spacial score (nSPS) is 17.7. The molecule has 1 aromatic carbocycles. The summed E-state index contributed by atoms with van der Waals surface area (Å²) in [4.78, 5) is 5.28. The molecule has 0 atom stereocenters. The second-order valence-corrected chi connectivity index (χ2v) is 6.26. The summed E-state index contributed by atoms with van der Waals surface area (Å²) in [6, 6.07) is 2.67. The van der Waals surface area contributed by atoms with Gasteiger partial charge in [0, 0.05) is 6.54 Å². The first-order valence-electron chi connectivity index (χ1n) is 7.31. The number of hydrogen-bond donors (Lipinski definition) is 1. The van der Waals surface area contributed by atoms with Crippen molar-refractivity contribution in [3.63, 3.8) is 0 Å². The van der Waals surface area contributed by atoms with Gasteiger partial charge in [-0.15, -0.1) is 0 Å². The number of nitrogens with one attached hydrogen (secondary N) is 1. The molecular weight excluding hydrogens is 292 g/mol. The lowest BCUT2D eigenvalue weighted by Gasteiger charge is -2.28. The fourth-order valence-corrected chi connectivity index (χ4v) is 3.36. The fourth-order valence-electron chi connectivity index (χ4n) is 3.06. The van der Waals surface area contributed by atoms with Crippen molar-refractivity contribution in [2.75, 3.05) is 20.1 Å². The van der Waals surface area contributed by atoms with Gasteiger partial charge in [0.15, 0.2) is 16.4 Å². The quantitative estimate of drug-likeness (QED) is 0.874. The minimum Gasteiger partial charge on any atom is -0.330 e. The Morgan fingerprint density at radius 3 is 2.71 bits per heavy atom. The van der Waals surface area contributed by atoms with Crippen LogP contribution < -0.4 is 0 Å². The van der Waals surface area contributed by atoms with E-state index >= 15 is 0 Å². The number of halogens is 2. The van der Waals surface area contributed by atoms with Crippen molar-refractivity contribution < 1.29 is 8.78 Å². The topological polar surface area (TPSA) is 24.0 Å². The highest BCUT2D eigenvalue weighted by atomic mass is 32.1. The molecule has 6 heteroatoms. The van der Waals surface area contributed by atoms with Gasteiger partial charge in [-0.05, 0) is 69.7 Å². The van der Waals surface area contributed by atoms with Crippen LogP contribution in [0.5, 0.6) is 0 Å². The molecule has 0 bridgehead atoms. The van der Waals surface area contributed by atoms with E-state index in [4.69, 9.17) is 12.2 Å². The average Bonchev–Trinajstić information content (AvgIpc) is 2.79. The van der Waals surface area contributed by atoms with Crippen molar-refractivity contribution >= 4 is 23.3 Å². The van der Waals surface area contributed by atoms with E-state index in [0.29, 0.717) is 22.8 Å². The Morgan fingerprint density at radius 2 is 2.00 bits per heavy atom. The van der Waals surface area contributed by atoms with Crippen LogP contribution in [0.3, 0.4) is 0 Å². The number of aromatic nitrogens is 2. The first kappa shape index (κ1) is 14.7. The van der Waals surface area contributed by atoms with Crippen LogP contribution in [0.15, 0.2) is 12.1 Å². The van der Waals surface area contributed by atoms with E-state index in [1.807, 2.05) is 0 Å². The summed E-state index contributed by atoms with van der Waals surface area (Å²) in [6.07, 6.45) is 3.26. The van der Waals surface area contributed by atoms with Gasteiger partial charge in [0.1, 0.15) is 5.52 Å². The first-order chi connectivity index (χ1) is 10.1. The van der Waals surface area contributed by atoms with Gasteiger partial charge in [-0.2, -0.15) is 0 Å². The van der Waals surface area contributed by atoms with Crippen LogP contribution in [0.1, 0.15) is 19.3 Å². The summed E-state index contributed by atoms with van der Waals surface area (Å²) in [5.74, 6) is -1.02. The number of aromatic amines is 1. The predicted octanol–water partition coefficient (Wildman–Crippen LogP) is 3.71. The second kappa shape index (κ2) is 5.85. The average molecular weight is 311 g/mol.